The van der Waals surface area contributed by atoms with Crippen LogP contribution in [0, 0.1) is 6.92 Å². The van der Waals surface area contributed by atoms with Gasteiger partial charge in [0.2, 0.25) is 0 Å². The predicted octanol–water partition coefficient (Wildman–Crippen LogP) is 1.11. The second kappa shape index (κ2) is 4.72. The molecule has 1 amide bonds. The second-order valence-electron chi connectivity index (χ2n) is 4.57. The number of nitrogens with one attached hydrogen (secondary N) is 1. The van der Waals surface area contributed by atoms with Crippen molar-refractivity contribution in [2.75, 3.05) is 32.1 Å². The molecule has 5 nitrogen and oxygen atoms in total. The molecule has 0 bridgehead atoms. The SMILES string of the molecule is Cc1csc(NC(=O)[C@]2(C)CN(C)CCO2)n1. The van der Waals surface area contributed by atoms with Crippen LogP contribution in [-0.2, 0) is 9.53 Å². The van der Waals surface area contributed by atoms with Gasteiger partial charge in [0, 0.05) is 18.5 Å². The molecule has 0 aliphatic carbocycles. The van der Waals surface area contributed by atoms with E-state index in [1.54, 1.807) is 0 Å². The van der Waals surface area contributed by atoms with Crippen LogP contribution in [0.15, 0.2) is 5.38 Å². The standard InChI is InChI=1S/C11H17N3O2S/c1-8-6-17-10(12-8)13-9(15)11(2)7-14(3)4-5-16-11/h6H,4-5,7H2,1-3H3,(H,12,13,15)/t11-/m0/s1. The van der Waals surface area contributed by atoms with Crippen molar-refractivity contribution >= 4 is 22.4 Å². The summed E-state index contributed by atoms with van der Waals surface area (Å²) in [6.45, 7) is 5.76. The molecule has 6 heteroatoms. The van der Waals surface area contributed by atoms with E-state index >= 15 is 0 Å². The number of nitrogens with zero attached hydrogens (tertiary/aromatic N) is 2. The molecular formula is C11H17N3O2S. The summed E-state index contributed by atoms with van der Waals surface area (Å²) in [5.41, 5.74) is 0.129. The van der Waals surface area contributed by atoms with Crippen LogP contribution in [0.2, 0.25) is 0 Å². The van der Waals surface area contributed by atoms with Gasteiger partial charge in [-0.2, -0.15) is 0 Å². The number of aromatic nitrogens is 1. The van der Waals surface area contributed by atoms with Crippen LogP contribution in [0.4, 0.5) is 5.13 Å². The summed E-state index contributed by atoms with van der Waals surface area (Å²) < 4.78 is 5.60. The zero-order valence-electron chi connectivity index (χ0n) is 10.3. The second-order valence-corrected chi connectivity index (χ2v) is 5.42. The number of likely N-dealkylation sites (N-methyl/N-ethyl adjacent to an activating group) is 1. The van der Waals surface area contributed by atoms with Crippen molar-refractivity contribution in [1.82, 2.24) is 9.88 Å². The number of hydrogen-bond donors (Lipinski definition) is 1. The molecule has 17 heavy (non-hydrogen) atoms. The molecule has 2 heterocycles. The molecule has 1 aliphatic heterocycles. The fourth-order valence-electron chi connectivity index (χ4n) is 1.84. The summed E-state index contributed by atoms with van der Waals surface area (Å²) in [4.78, 5) is 18.5. The van der Waals surface area contributed by atoms with Gasteiger partial charge < -0.3 is 9.64 Å². The zero-order valence-corrected chi connectivity index (χ0v) is 11.1. The van der Waals surface area contributed by atoms with Crippen LogP contribution in [-0.4, -0.2) is 48.1 Å². The topological polar surface area (TPSA) is 54.5 Å². The van der Waals surface area contributed by atoms with E-state index in [2.05, 4.69) is 15.2 Å². The minimum absolute atomic E-state index is 0.126. The summed E-state index contributed by atoms with van der Waals surface area (Å²) in [7, 11) is 1.99. The smallest absolute Gasteiger partial charge is 0.259 e. The van der Waals surface area contributed by atoms with Gasteiger partial charge in [-0.3, -0.25) is 10.1 Å². The molecule has 94 valence electrons. The van der Waals surface area contributed by atoms with Gasteiger partial charge in [-0.05, 0) is 20.9 Å². The van der Waals surface area contributed by atoms with Crippen molar-refractivity contribution < 1.29 is 9.53 Å². The lowest BCUT2D eigenvalue weighted by Gasteiger charge is -2.37. The monoisotopic (exact) mass is 255 g/mol. The highest BCUT2D eigenvalue weighted by Crippen LogP contribution is 2.21. The summed E-state index contributed by atoms with van der Waals surface area (Å²) in [5, 5.41) is 5.35. The summed E-state index contributed by atoms with van der Waals surface area (Å²) >= 11 is 1.43. The molecule has 0 unspecified atom stereocenters. The van der Waals surface area contributed by atoms with Gasteiger partial charge in [0.15, 0.2) is 10.7 Å². The van der Waals surface area contributed by atoms with E-state index in [9.17, 15) is 4.79 Å². The lowest BCUT2D eigenvalue weighted by atomic mass is 10.0. The highest BCUT2D eigenvalue weighted by molar-refractivity contribution is 7.13. The first-order valence-electron chi connectivity index (χ1n) is 5.56. The average Bonchev–Trinajstić information content (AvgIpc) is 2.63. The predicted molar refractivity (Wildman–Crippen MR) is 67.3 cm³/mol. The fourth-order valence-corrected chi connectivity index (χ4v) is 2.53. The van der Waals surface area contributed by atoms with Crippen LogP contribution in [0.1, 0.15) is 12.6 Å². The molecule has 1 N–H and O–H groups in total. The highest BCUT2D eigenvalue weighted by atomic mass is 32.1. The van der Waals surface area contributed by atoms with Gasteiger partial charge >= 0.3 is 0 Å². The first-order chi connectivity index (χ1) is 7.99. The summed E-state index contributed by atoms with van der Waals surface area (Å²) in [6.07, 6.45) is 0. The minimum Gasteiger partial charge on any atom is -0.363 e. The number of carbonyl (C=O) groups excluding carboxylic acids is 1. The maximum Gasteiger partial charge on any atom is 0.259 e. The molecule has 1 aromatic heterocycles. The van der Waals surface area contributed by atoms with Crippen LogP contribution >= 0.6 is 11.3 Å². The lowest BCUT2D eigenvalue weighted by molar-refractivity contribution is -0.149. The van der Waals surface area contributed by atoms with Crippen molar-refractivity contribution in [3.8, 4) is 0 Å². The number of carbonyl (C=O) groups is 1. The summed E-state index contributed by atoms with van der Waals surface area (Å²) in [6, 6.07) is 0. The van der Waals surface area contributed by atoms with Crippen molar-refractivity contribution in [1.29, 1.82) is 0 Å². The molecule has 1 aromatic rings. The van der Waals surface area contributed by atoms with Crippen molar-refractivity contribution in [3.63, 3.8) is 0 Å². The van der Waals surface area contributed by atoms with Crippen molar-refractivity contribution in [2.24, 2.45) is 0 Å². The third kappa shape index (κ3) is 2.83. The van der Waals surface area contributed by atoms with Gasteiger partial charge in [0.25, 0.3) is 5.91 Å². The van der Waals surface area contributed by atoms with E-state index in [1.807, 2.05) is 26.3 Å². The highest BCUT2D eigenvalue weighted by Gasteiger charge is 2.38. The Morgan fingerprint density at radius 1 is 1.71 bits per heavy atom. The normalized spacial score (nSPS) is 25.8. The molecule has 1 saturated heterocycles. The van der Waals surface area contributed by atoms with Crippen molar-refractivity contribution in [2.45, 2.75) is 19.4 Å². The van der Waals surface area contributed by atoms with Crippen LogP contribution in [0.5, 0.6) is 0 Å². The maximum atomic E-state index is 12.1. The maximum absolute atomic E-state index is 12.1. The number of hydrogen-bond acceptors (Lipinski definition) is 5. The number of aryl methyl sites for hydroxylation is 1. The molecule has 1 atom stereocenters. The summed E-state index contributed by atoms with van der Waals surface area (Å²) in [5.74, 6) is -0.126. The van der Waals surface area contributed by atoms with Gasteiger partial charge in [0.05, 0.1) is 12.3 Å². The third-order valence-corrected chi connectivity index (χ3v) is 3.66. The Hall–Kier alpha value is -0.980. The molecule has 0 radical (unpaired) electrons. The quantitative estimate of drug-likeness (QED) is 0.860. The van der Waals surface area contributed by atoms with E-state index in [1.165, 1.54) is 11.3 Å². The van der Waals surface area contributed by atoms with E-state index < -0.39 is 5.60 Å². The Morgan fingerprint density at radius 2 is 2.47 bits per heavy atom. The minimum atomic E-state index is -0.785. The number of ether oxygens (including phenoxy) is 1. The fraction of sp³-hybridized carbons (Fsp3) is 0.636. The zero-order chi connectivity index (χ0) is 12.5. The molecule has 1 aliphatic rings. The Morgan fingerprint density at radius 3 is 3.06 bits per heavy atom. The van der Waals surface area contributed by atoms with Gasteiger partial charge in [-0.15, -0.1) is 11.3 Å². The number of rotatable bonds is 2. The van der Waals surface area contributed by atoms with Crippen LogP contribution in [0.3, 0.4) is 0 Å². The van der Waals surface area contributed by atoms with E-state index in [4.69, 9.17) is 4.74 Å². The van der Waals surface area contributed by atoms with E-state index in [-0.39, 0.29) is 5.91 Å². The van der Waals surface area contributed by atoms with E-state index in [0.717, 1.165) is 12.2 Å². The van der Waals surface area contributed by atoms with Crippen LogP contribution in [0.25, 0.3) is 0 Å². The average molecular weight is 255 g/mol. The van der Waals surface area contributed by atoms with Crippen LogP contribution < -0.4 is 5.32 Å². The van der Waals surface area contributed by atoms with E-state index in [0.29, 0.717) is 18.3 Å². The number of thiazole rings is 1. The number of morpholine rings is 1. The molecule has 1 fully saturated rings. The Kier molecular flexibility index (Phi) is 3.46. The Balaban J connectivity index is 2.03. The lowest BCUT2D eigenvalue weighted by Crippen LogP contribution is -2.55. The van der Waals surface area contributed by atoms with Crippen molar-refractivity contribution in [3.05, 3.63) is 11.1 Å². The first kappa shape index (κ1) is 12.5. The molecule has 0 spiro atoms. The number of anilines is 1. The van der Waals surface area contributed by atoms with Gasteiger partial charge in [-0.25, -0.2) is 4.98 Å². The molecule has 0 saturated carbocycles. The number of amides is 1. The largest absolute Gasteiger partial charge is 0.363 e. The molecular weight excluding hydrogens is 238 g/mol. The molecule has 2 rings (SSSR count). The first-order valence-corrected chi connectivity index (χ1v) is 6.44. The van der Waals surface area contributed by atoms with Gasteiger partial charge in [0.1, 0.15) is 0 Å². The third-order valence-electron chi connectivity index (χ3n) is 2.79. The Bertz CT molecular complexity index is 421. The van der Waals surface area contributed by atoms with Gasteiger partial charge in [-0.1, -0.05) is 0 Å². The molecule has 0 aromatic carbocycles. The Labute approximate surface area is 105 Å².